The van der Waals surface area contributed by atoms with Gasteiger partial charge in [0.1, 0.15) is 5.65 Å². The van der Waals surface area contributed by atoms with Crippen molar-refractivity contribution in [2.45, 2.75) is 12.8 Å². The third kappa shape index (κ3) is 5.48. The molecule has 7 nitrogen and oxygen atoms in total. The summed E-state index contributed by atoms with van der Waals surface area (Å²) in [5.74, 6) is 0.561. The standard InChI is InChI=1S/C30H35N5O2S/c36-38(37)20-18-33(19-21-38)15-5-7-25-23-35(26-8-2-1-3-9-26)30-28(25)11-12-29(32-30)24-6-4-10-27(22-24)34-16-13-31-14-17-34/h1-4,6,8-12,22-23,31H,5,7,13-21H2. The quantitative estimate of drug-likeness (QED) is 0.393. The summed E-state index contributed by atoms with van der Waals surface area (Å²) in [7, 11) is -2.84. The maximum atomic E-state index is 11.8. The molecule has 38 heavy (non-hydrogen) atoms. The number of hydrogen-bond acceptors (Lipinski definition) is 6. The van der Waals surface area contributed by atoms with Crippen LogP contribution in [0.5, 0.6) is 0 Å². The number of piperazine rings is 1. The van der Waals surface area contributed by atoms with E-state index in [4.69, 9.17) is 4.98 Å². The summed E-state index contributed by atoms with van der Waals surface area (Å²) in [4.78, 5) is 9.91. The van der Waals surface area contributed by atoms with E-state index in [9.17, 15) is 8.42 Å². The van der Waals surface area contributed by atoms with E-state index in [1.54, 1.807) is 0 Å². The Morgan fingerprint density at radius 3 is 2.39 bits per heavy atom. The van der Waals surface area contributed by atoms with Crippen molar-refractivity contribution in [3.63, 3.8) is 0 Å². The molecule has 198 valence electrons. The minimum Gasteiger partial charge on any atom is -0.369 e. The Morgan fingerprint density at radius 1 is 0.842 bits per heavy atom. The van der Waals surface area contributed by atoms with Crippen molar-refractivity contribution >= 4 is 26.6 Å². The van der Waals surface area contributed by atoms with Crippen molar-refractivity contribution in [3.05, 3.63) is 78.5 Å². The first-order chi connectivity index (χ1) is 18.6. The Balaban J connectivity index is 1.28. The number of anilines is 1. The zero-order chi connectivity index (χ0) is 26.0. The Morgan fingerprint density at radius 2 is 1.61 bits per heavy atom. The first-order valence-electron chi connectivity index (χ1n) is 13.6. The molecule has 0 spiro atoms. The van der Waals surface area contributed by atoms with E-state index < -0.39 is 9.84 Å². The summed E-state index contributed by atoms with van der Waals surface area (Å²) in [5, 5.41) is 4.61. The van der Waals surface area contributed by atoms with Crippen LogP contribution in [0.4, 0.5) is 5.69 Å². The van der Waals surface area contributed by atoms with Gasteiger partial charge in [-0.2, -0.15) is 0 Å². The van der Waals surface area contributed by atoms with E-state index in [-0.39, 0.29) is 11.5 Å². The number of aromatic nitrogens is 2. The summed E-state index contributed by atoms with van der Waals surface area (Å²) >= 11 is 0. The first-order valence-corrected chi connectivity index (χ1v) is 15.4. The molecule has 8 heteroatoms. The van der Waals surface area contributed by atoms with Crippen LogP contribution in [0.15, 0.2) is 72.9 Å². The van der Waals surface area contributed by atoms with Crippen LogP contribution in [0.3, 0.4) is 0 Å². The predicted octanol–water partition coefficient (Wildman–Crippen LogP) is 3.77. The van der Waals surface area contributed by atoms with Gasteiger partial charge in [-0.1, -0.05) is 30.3 Å². The molecule has 2 aliphatic heterocycles. The number of nitrogens with zero attached hydrogens (tertiary/aromatic N) is 4. The van der Waals surface area contributed by atoms with Crippen LogP contribution in [0.2, 0.25) is 0 Å². The molecule has 2 aliphatic rings. The van der Waals surface area contributed by atoms with Crippen LogP contribution < -0.4 is 10.2 Å². The van der Waals surface area contributed by atoms with Crippen molar-refractivity contribution in [1.82, 2.24) is 19.8 Å². The first kappa shape index (κ1) is 25.1. The summed E-state index contributed by atoms with van der Waals surface area (Å²) in [6, 6.07) is 23.5. The number of aryl methyl sites for hydroxylation is 1. The molecule has 4 heterocycles. The lowest BCUT2D eigenvalue weighted by Gasteiger charge is -2.29. The number of para-hydroxylation sites is 1. The van der Waals surface area contributed by atoms with Crippen LogP contribution in [-0.2, 0) is 16.3 Å². The van der Waals surface area contributed by atoms with Crippen molar-refractivity contribution in [1.29, 1.82) is 0 Å². The fraction of sp³-hybridized carbons (Fsp3) is 0.367. The van der Waals surface area contributed by atoms with Gasteiger partial charge in [0, 0.05) is 67.8 Å². The second-order valence-corrected chi connectivity index (χ2v) is 12.6. The lowest BCUT2D eigenvalue weighted by molar-refractivity contribution is 0.292. The number of benzene rings is 2. The van der Waals surface area contributed by atoms with Gasteiger partial charge in [0.2, 0.25) is 0 Å². The number of rotatable bonds is 7. The Bertz CT molecular complexity index is 1500. The molecule has 0 aliphatic carbocycles. The lowest BCUT2D eigenvalue weighted by atomic mass is 10.1. The van der Waals surface area contributed by atoms with E-state index in [1.165, 1.54) is 16.6 Å². The van der Waals surface area contributed by atoms with Crippen LogP contribution in [-0.4, -0.2) is 80.2 Å². The predicted molar refractivity (Wildman–Crippen MR) is 155 cm³/mol. The third-order valence-electron chi connectivity index (χ3n) is 7.75. The summed E-state index contributed by atoms with van der Waals surface area (Å²) in [6.07, 6.45) is 4.15. The van der Waals surface area contributed by atoms with Gasteiger partial charge in [0.25, 0.3) is 0 Å². The molecule has 6 rings (SSSR count). The van der Waals surface area contributed by atoms with E-state index in [0.29, 0.717) is 13.1 Å². The van der Waals surface area contributed by atoms with Crippen LogP contribution in [0.25, 0.3) is 28.0 Å². The summed E-state index contributed by atoms with van der Waals surface area (Å²) < 4.78 is 25.7. The Kier molecular flexibility index (Phi) is 7.19. The second kappa shape index (κ2) is 10.9. The van der Waals surface area contributed by atoms with Crippen molar-refractivity contribution in [3.8, 4) is 16.9 Å². The van der Waals surface area contributed by atoms with E-state index in [2.05, 4.69) is 86.5 Å². The van der Waals surface area contributed by atoms with Crippen molar-refractivity contribution in [2.24, 2.45) is 0 Å². The van der Waals surface area contributed by atoms with Crippen LogP contribution in [0, 0.1) is 0 Å². The molecule has 2 fully saturated rings. The number of hydrogen-bond donors (Lipinski definition) is 1. The van der Waals surface area contributed by atoms with E-state index in [0.717, 1.165) is 68.2 Å². The van der Waals surface area contributed by atoms with Crippen LogP contribution in [0.1, 0.15) is 12.0 Å². The fourth-order valence-corrected chi connectivity index (χ4v) is 6.84. The van der Waals surface area contributed by atoms with E-state index in [1.807, 2.05) is 6.07 Å². The molecule has 4 aromatic rings. The van der Waals surface area contributed by atoms with Gasteiger partial charge < -0.3 is 19.7 Å². The molecule has 0 radical (unpaired) electrons. The highest BCUT2D eigenvalue weighted by Crippen LogP contribution is 2.30. The van der Waals surface area contributed by atoms with Gasteiger partial charge in [-0.3, -0.25) is 0 Å². The highest BCUT2D eigenvalue weighted by atomic mass is 32.2. The van der Waals surface area contributed by atoms with Gasteiger partial charge in [0.05, 0.1) is 17.2 Å². The normalized spacial score (nSPS) is 18.2. The fourth-order valence-electron chi connectivity index (χ4n) is 5.57. The average molecular weight is 530 g/mol. The van der Waals surface area contributed by atoms with Crippen molar-refractivity contribution in [2.75, 3.05) is 62.2 Å². The minimum atomic E-state index is -2.84. The monoisotopic (exact) mass is 529 g/mol. The smallest absolute Gasteiger partial charge is 0.152 e. The third-order valence-corrected chi connectivity index (χ3v) is 9.36. The zero-order valence-electron chi connectivity index (χ0n) is 21.7. The highest BCUT2D eigenvalue weighted by molar-refractivity contribution is 7.91. The van der Waals surface area contributed by atoms with Gasteiger partial charge in [-0.25, -0.2) is 13.4 Å². The van der Waals surface area contributed by atoms with Gasteiger partial charge in [-0.15, -0.1) is 0 Å². The molecule has 0 unspecified atom stereocenters. The molecule has 0 bridgehead atoms. The maximum Gasteiger partial charge on any atom is 0.152 e. The van der Waals surface area contributed by atoms with Crippen LogP contribution >= 0.6 is 0 Å². The molecular formula is C30H35N5O2S. The van der Waals surface area contributed by atoms with Gasteiger partial charge in [-0.05, 0) is 61.3 Å². The number of nitrogens with one attached hydrogen (secondary N) is 1. The second-order valence-electron chi connectivity index (χ2n) is 10.3. The topological polar surface area (TPSA) is 70.5 Å². The molecule has 1 N–H and O–H groups in total. The SMILES string of the molecule is O=S1(=O)CCN(CCCc2cn(-c3ccccc3)c3nc(-c4cccc(N5CCNCC5)c4)ccc23)CC1. The Labute approximate surface area is 225 Å². The molecule has 2 saturated heterocycles. The zero-order valence-corrected chi connectivity index (χ0v) is 22.5. The lowest BCUT2D eigenvalue weighted by Crippen LogP contribution is -2.43. The Hall–Kier alpha value is -3.20. The molecule has 0 saturated carbocycles. The van der Waals surface area contributed by atoms with Gasteiger partial charge >= 0.3 is 0 Å². The maximum absolute atomic E-state index is 11.8. The molecule has 0 atom stereocenters. The molecule has 2 aromatic carbocycles. The average Bonchev–Trinajstić information content (AvgIpc) is 3.33. The minimum absolute atomic E-state index is 0.281. The summed E-state index contributed by atoms with van der Waals surface area (Å²) in [5.41, 5.74) is 6.71. The molecule has 2 aromatic heterocycles. The van der Waals surface area contributed by atoms with Gasteiger partial charge in [0.15, 0.2) is 9.84 Å². The largest absolute Gasteiger partial charge is 0.369 e. The molecule has 0 amide bonds. The number of fused-ring (bicyclic) bond motifs is 1. The summed E-state index contributed by atoms with van der Waals surface area (Å²) in [6.45, 7) is 6.26. The highest BCUT2D eigenvalue weighted by Gasteiger charge is 2.21. The van der Waals surface area contributed by atoms with Crippen molar-refractivity contribution < 1.29 is 8.42 Å². The number of sulfone groups is 1. The molecular weight excluding hydrogens is 494 g/mol. The van der Waals surface area contributed by atoms with E-state index >= 15 is 0 Å². The number of pyridine rings is 1.